The van der Waals surface area contributed by atoms with Crippen molar-refractivity contribution in [2.24, 2.45) is 0 Å². The zero-order chi connectivity index (χ0) is 10.0. The van der Waals surface area contributed by atoms with E-state index >= 15 is 0 Å². The molecular formula is C8H8BrNO3. The predicted molar refractivity (Wildman–Crippen MR) is 52.1 cm³/mol. The largest absolute Gasteiger partial charge is 0.495 e. The van der Waals surface area contributed by atoms with E-state index in [2.05, 4.69) is 15.9 Å². The molecule has 3 N–H and O–H groups in total. The molecule has 0 spiro atoms. The van der Waals surface area contributed by atoms with Crippen LogP contribution in [0.4, 0.5) is 5.69 Å². The third kappa shape index (κ3) is 1.92. The Morgan fingerprint density at radius 3 is 2.69 bits per heavy atom. The first-order valence-corrected chi connectivity index (χ1v) is 4.22. The number of benzene rings is 1. The quantitative estimate of drug-likeness (QED) is 0.779. The summed E-state index contributed by atoms with van der Waals surface area (Å²) in [5.41, 5.74) is 6.13. The Bertz CT molecular complexity index is 351. The molecule has 13 heavy (non-hydrogen) atoms. The first kappa shape index (κ1) is 9.85. The first-order valence-electron chi connectivity index (χ1n) is 3.42. The van der Waals surface area contributed by atoms with Gasteiger partial charge in [0.2, 0.25) is 0 Å². The molecule has 0 saturated heterocycles. The van der Waals surface area contributed by atoms with E-state index in [0.29, 0.717) is 15.9 Å². The molecule has 1 aromatic rings. The van der Waals surface area contributed by atoms with Crippen LogP contribution in [0.15, 0.2) is 16.6 Å². The van der Waals surface area contributed by atoms with E-state index in [-0.39, 0.29) is 5.56 Å². The molecular weight excluding hydrogens is 238 g/mol. The SMILES string of the molecule is COc1cc(C(=O)O)cc(Br)c1N. The number of halogens is 1. The van der Waals surface area contributed by atoms with E-state index < -0.39 is 5.97 Å². The number of aromatic carboxylic acids is 1. The molecule has 0 unspecified atom stereocenters. The summed E-state index contributed by atoms with van der Waals surface area (Å²) in [4.78, 5) is 10.6. The number of hydrogen-bond acceptors (Lipinski definition) is 3. The van der Waals surface area contributed by atoms with Crippen molar-refractivity contribution >= 4 is 27.6 Å². The van der Waals surface area contributed by atoms with Gasteiger partial charge in [-0.2, -0.15) is 0 Å². The summed E-state index contributed by atoms with van der Waals surface area (Å²) in [6.45, 7) is 0. The van der Waals surface area contributed by atoms with E-state index in [1.165, 1.54) is 19.2 Å². The predicted octanol–water partition coefficient (Wildman–Crippen LogP) is 1.74. The summed E-state index contributed by atoms with van der Waals surface area (Å²) in [6, 6.07) is 2.81. The van der Waals surface area contributed by atoms with Gasteiger partial charge in [0, 0.05) is 4.47 Å². The van der Waals surface area contributed by atoms with Crippen molar-refractivity contribution in [1.29, 1.82) is 0 Å². The number of carboxylic acid groups (broad SMARTS) is 1. The highest BCUT2D eigenvalue weighted by Gasteiger charge is 2.10. The smallest absolute Gasteiger partial charge is 0.335 e. The Hall–Kier alpha value is -1.23. The number of nitrogen functional groups attached to an aromatic ring is 1. The number of carbonyl (C=O) groups is 1. The lowest BCUT2D eigenvalue weighted by Crippen LogP contribution is -2.00. The maximum absolute atomic E-state index is 10.6. The second-order valence-corrected chi connectivity index (χ2v) is 3.23. The molecule has 0 aromatic heterocycles. The van der Waals surface area contributed by atoms with Gasteiger partial charge in [0.05, 0.1) is 18.4 Å². The van der Waals surface area contributed by atoms with E-state index in [9.17, 15) is 4.79 Å². The van der Waals surface area contributed by atoms with Gasteiger partial charge in [0.1, 0.15) is 5.75 Å². The molecule has 1 rings (SSSR count). The molecule has 0 radical (unpaired) electrons. The number of nitrogens with two attached hydrogens (primary N) is 1. The summed E-state index contributed by atoms with van der Waals surface area (Å²) in [5.74, 6) is -0.661. The number of anilines is 1. The van der Waals surface area contributed by atoms with Crippen molar-refractivity contribution in [3.05, 3.63) is 22.2 Å². The van der Waals surface area contributed by atoms with Crippen LogP contribution in [-0.2, 0) is 0 Å². The van der Waals surface area contributed by atoms with Crippen molar-refractivity contribution in [1.82, 2.24) is 0 Å². The average Bonchev–Trinajstić information content (AvgIpc) is 2.09. The van der Waals surface area contributed by atoms with Gasteiger partial charge < -0.3 is 15.6 Å². The molecule has 0 fully saturated rings. The van der Waals surface area contributed by atoms with E-state index in [0.717, 1.165) is 0 Å². The van der Waals surface area contributed by atoms with Crippen LogP contribution in [0.1, 0.15) is 10.4 Å². The molecule has 0 bridgehead atoms. The fourth-order valence-corrected chi connectivity index (χ4v) is 1.33. The third-order valence-corrected chi connectivity index (χ3v) is 2.21. The maximum atomic E-state index is 10.6. The zero-order valence-corrected chi connectivity index (χ0v) is 8.46. The van der Waals surface area contributed by atoms with Crippen molar-refractivity contribution in [3.63, 3.8) is 0 Å². The minimum absolute atomic E-state index is 0.137. The van der Waals surface area contributed by atoms with Crippen LogP contribution >= 0.6 is 15.9 Å². The number of carboxylic acids is 1. The Kier molecular flexibility index (Phi) is 2.77. The standard InChI is InChI=1S/C8H8BrNO3/c1-13-6-3-4(8(11)12)2-5(9)7(6)10/h2-3H,10H2,1H3,(H,11,12). The average molecular weight is 246 g/mol. The molecule has 0 aliphatic carbocycles. The molecule has 4 nitrogen and oxygen atoms in total. The summed E-state index contributed by atoms with van der Waals surface area (Å²) >= 11 is 3.14. The van der Waals surface area contributed by atoms with Gasteiger partial charge in [-0.05, 0) is 28.1 Å². The van der Waals surface area contributed by atoms with Crippen molar-refractivity contribution in [2.45, 2.75) is 0 Å². The monoisotopic (exact) mass is 245 g/mol. The first-order chi connectivity index (χ1) is 6.06. The zero-order valence-electron chi connectivity index (χ0n) is 6.87. The maximum Gasteiger partial charge on any atom is 0.335 e. The minimum atomic E-state index is -1.01. The van der Waals surface area contributed by atoms with Gasteiger partial charge in [-0.1, -0.05) is 0 Å². The highest BCUT2D eigenvalue weighted by Crippen LogP contribution is 2.31. The van der Waals surface area contributed by atoms with E-state index in [4.69, 9.17) is 15.6 Å². The second-order valence-electron chi connectivity index (χ2n) is 2.38. The van der Waals surface area contributed by atoms with Crippen molar-refractivity contribution < 1.29 is 14.6 Å². The number of hydrogen-bond donors (Lipinski definition) is 2. The van der Waals surface area contributed by atoms with Crippen LogP contribution in [0.3, 0.4) is 0 Å². The topological polar surface area (TPSA) is 72.5 Å². The number of ether oxygens (including phenoxy) is 1. The Morgan fingerprint density at radius 1 is 1.62 bits per heavy atom. The third-order valence-electron chi connectivity index (χ3n) is 1.56. The van der Waals surface area contributed by atoms with Gasteiger partial charge in [0.25, 0.3) is 0 Å². The molecule has 0 atom stereocenters. The van der Waals surface area contributed by atoms with Crippen LogP contribution in [0, 0.1) is 0 Å². The van der Waals surface area contributed by atoms with Gasteiger partial charge >= 0.3 is 5.97 Å². The Balaban J connectivity index is 3.30. The molecule has 0 aliphatic rings. The van der Waals surface area contributed by atoms with Crippen LogP contribution in [0.25, 0.3) is 0 Å². The van der Waals surface area contributed by atoms with Crippen molar-refractivity contribution in [3.8, 4) is 5.75 Å². The lowest BCUT2D eigenvalue weighted by Gasteiger charge is -2.07. The van der Waals surface area contributed by atoms with Gasteiger partial charge in [0.15, 0.2) is 0 Å². The molecule has 1 aromatic carbocycles. The number of rotatable bonds is 2. The minimum Gasteiger partial charge on any atom is -0.495 e. The second kappa shape index (κ2) is 3.66. The highest BCUT2D eigenvalue weighted by molar-refractivity contribution is 9.10. The summed E-state index contributed by atoms with van der Waals surface area (Å²) in [6.07, 6.45) is 0. The molecule has 5 heteroatoms. The Labute approximate surface area is 83.4 Å². The molecule has 70 valence electrons. The van der Waals surface area contributed by atoms with Crippen LogP contribution in [0.5, 0.6) is 5.75 Å². The van der Waals surface area contributed by atoms with Crippen LogP contribution < -0.4 is 10.5 Å². The lowest BCUT2D eigenvalue weighted by molar-refractivity contribution is 0.0696. The lowest BCUT2D eigenvalue weighted by atomic mass is 10.2. The van der Waals surface area contributed by atoms with E-state index in [1.54, 1.807) is 0 Å². The summed E-state index contributed by atoms with van der Waals surface area (Å²) in [5, 5.41) is 8.70. The van der Waals surface area contributed by atoms with Gasteiger partial charge in [-0.15, -0.1) is 0 Å². The van der Waals surface area contributed by atoms with Crippen molar-refractivity contribution in [2.75, 3.05) is 12.8 Å². The van der Waals surface area contributed by atoms with Gasteiger partial charge in [-0.3, -0.25) is 0 Å². The molecule has 0 aliphatic heterocycles. The Morgan fingerprint density at radius 2 is 2.23 bits per heavy atom. The highest BCUT2D eigenvalue weighted by atomic mass is 79.9. The van der Waals surface area contributed by atoms with Gasteiger partial charge in [-0.25, -0.2) is 4.79 Å². The van der Waals surface area contributed by atoms with Crippen LogP contribution in [0.2, 0.25) is 0 Å². The summed E-state index contributed by atoms with van der Waals surface area (Å²) < 4.78 is 5.42. The molecule has 0 heterocycles. The fraction of sp³-hybridized carbons (Fsp3) is 0.125. The summed E-state index contributed by atoms with van der Waals surface area (Å²) in [7, 11) is 1.43. The van der Waals surface area contributed by atoms with Crippen LogP contribution in [-0.4, -0.2) is 18.2 Å². The van der Waals surface area contributed by atoms with E-state index in [1.807, 2.05) is 0 Å². The number of methoxy groups -OCH3 is 1. The molecule has 0 amide bonds. The normalized spacial score (nSPS) is 9.69. The fourth-order valence-electron chi connectivity index (χ4n) is 0.885. The molecule has 0 saturated carbocycles.